The molecule has 2 unspecified atom stereocenters. The normalized spacial score (nSPS) is 12.9. The SMILES string of the molecule is OCCP(CCCP(CCO)c1ccccc1)c1ccccc1.[Cl][Pd][Cl]. The van der Waals surface area contributed by atoms with Crippen LogP contribution in [0, 0.1) is 0 Å². The van der Waals surface area contributed by atoms with Crippen LogP contribution in [-0.4, -0.2) is 48.1 Å². The summed E-state index contributed by atoms with van der Waals surface area (Å²) in [6.45, 7) is 0.537. The molecule has 0 bridgehead atoms. The molecule has 2 atom stereocenters. The fraction of sp³-hybridized carbons (Fsp3) is 0.368. The predicted octanol–water partition coefficient (Wildman–Crippen LogP) is 4.35. The summed E-state index contributed by atoms with van der Waals surface area (Å²) in [6.07, 6.45) is 5.28. The summed E-state index contributed by atoms with van der Waals surface area (Å²) >= 11 is -0.106. The quantitative estimate of drug-likeness (QED) is 0.358. The fourth-order valence-electron chi connectivity index (χ4n) is 2.71. The molecule has 0 heterocycles. The number of aliphatic hydroxyl groups is 2. The molecule has 0 fully saturated rings. The van der Waals surface area contributed by atoms with Crippen LogP contribution in [0.25, 0.3) is 0 Å². The summed E-state index contributed by atoms with van der Waals surface area (Å²) in [7, 11) is 9.09. The van der Waals surface area contributed by atoms with Crippen LogP contribution in [0.1, 0.15) is 6.42 Å². The third-order valence-electron chi connectivity index (χ3n) is 3.84. The van der Waals surface area contributed by atoms with E-state index in [0.717, 1.165) is 24.6 Å². The summed E-state index contributed by atoms with van der Waals surface area (Å²) < 4.78 is 0. The van der Waals surface area contributed by atoms with Gasteiger partial charge in [0.1, 0.15) is 0 Å². The number of hydrogen-bond acceptors (Lipinski definition) is 2. The molecule has 7 heteroatoms. The Morgan fingerprint density at radius 3 is 1.31 bits per heavy atom. The van der Waals surface area contributed by atoms with Gasteiger partial charge in [-0.15, -0.1) is 0 Å². The van der Waals surface area contributed by atoms with E-state index in [2.05, 4.69) is 48.5 Å². The van der Waals surface area contributed by atoms with Gasteiger partial charge in [0.05, 0.1) is 0 Å². The average Bonchev–Trinajstić information content (AvgIpc) is 2.68. The Labute approximate surface area is 175 Å². The number of rotatable bonds is 10. The summed E-state index contributed by atoms with van der Waals surface area (Å²) in [5.74, 6) is 0. The zero-order valence-corrected chi connectivity index (χ0v) is 19.4. The molecule has 2 aromatic carbocycles. The zero-order chi connectivity index (χ0) is 19.0. The maximum atomic E-state index is 9.36. The fourth-order valence-corrected chi connectivity index (χ4v) is 7.19. The first-order chi connectivity index (χ1) is 12.8. The minimum absolute atomic E-state index is 0.106. The van der Waals surface area contributed by atoms with Crippen molar-refractivity contribution in [3.05, 3.63) is 60.7 Å². The first-order valence-corrected chi connectivity index (χ1v) is 15.8. The van der Waals surface area contributed by atoms with Gasteiger partial charge >= 0.3 is 35.0 Å². The predicted molar refractivity (Wildman–Crippen MR) is 116 cm³/mol. The van der Waals surface area contributed by atoms with Crippen LogP contribution >= 0.6 is 34.9 Å². The molecule has 0 spiro atoms. The van der Waals surface area contributed by atoms with Gasteiger partial charge in [-0.3, -0.25) is 0 Å². The first kappa shape index (κ1) is 24.5. The van der Waals surface area contributed by atoms with Gasteiger partial charge in [0.2, 0.25) is 0 Å². The second kappa shape index (κ2) is 16.4. The van der Waals surface area contributed by atoms with Crippen molar-refractivity contribution in [2.75, 3.05) is 37.9 Å². The van der Waals surface area contributed by atoms with Gasteiger partial charge in [0.25, 0.3) is 0 Å². The second-order valence-corrected chi connectivity index (χ2v) is 12.8. The van der Waals surface area contributed by atoms with E-state index in [1.807, 2.05) is 12.1 Å². The molecule has 0 radical (unpaired) electrons. The van der Waals surface area contributed by atoms with Crippen molar-refractivity contribution in [1.82, 2.24) is 0 Å². The maximum absolute atomic E-state index is 9.36. The molecule has 2 nitrogen and oxygen atoms in total. The first-order valence-electron chi connectivity index (χ1n) is 8.40. The van der Waals surface area contributed by atoms with Crippen LogP contribution < -0.4 is 10.6 Å². The molecule has 2 N–H and O–H groups in total. The summed E-state index contributed by atoms with van der Waals surface area (Å²) in [6, 6.07) is 21.2. The van der Waals surface area contributed by atoms with Gasteiger partial charge < -0.3 is 10.2 Å². The molecule has 0 saturated carbocycles. The Hall–Kier alpha value is 0.462. The minimum atomic E-state index is -0.267. The van der Waals surface area contributed by atoms with Crippen molar-refractivity contribution in [1.29, 1.82) is 0 Å². The van der Waals surface area contributed by atoms with Gasteiger partial charge in [-0.25, -0.2) is 0 Å². The Bertz CT molecular complexity index is 514. The summed E-state index contributed by atoms with van der Waals surface area (Å²) in [4.78, 5) is 0. The number of aliphatic hydroxyl groups excluding tert-OH is 2. The molecule has 2 aromatic rings. The van der Waals surface area contributed by atoms with Crippen molar-refractivity contribution in [2.45, 2.75) is 6.42 Å². The van der Waals surface area contributed by atoms with Crippen molar-refractivity contribution in [3.63, 3.8) is 0 Å². The van der Waals surface area contributed by atoms with Crippen LogP contribution in [0.3, 0.4) is 0 Å². The molecule has 0 aliphatic carbocycles. The van der Waals surface area contributed by atoms with Crippen LogP contribution in [-0.2, 0) is 15.9 Å². The molecular weight excluding hydrogens is 499 g/mol. The number of hydrogen-bond donors (Lipinski definition) is 2. The van der Waals surface area contributed by atoms with Crippen LogP contribution in [0.4, 0.5) is 0 Å². The van der Waals surface area contributed by atoms with Gasteiger partial charge in [0, 0.05) is 13.2 Å². The molecule has 0 aliphatic heterocycles. The third kappa shape index (κ3) is 10.1. The summed E-state index contributed by atoms with van der Waals surface area (Å²) in [5.41, 5.74) is 0. The van der Waals surface area contributed by atoms with E-state index in [-0.39, 0.29) is 45.0 Å². The van der Waals surface area contributed by atoms with Crippen molar-refractivity contribution < 1.29 is 26.2 Å². The molecule has 0 saturated heterocycles. The zero-order valence-electron chi connectivity index (χ0n) is 14.6. The van der Waals surface area contributed by atoms with E-state index in [0.29, 0.717) is 0 Å². The van der Waals surface area contributed by atoms with Gasteiger partial charge in [-0.2, -0.15) is 0 Å². The van der Waals surface area contributed by atoms with E-state index in [1.54, 1.807) is 0 Å². The van der Waals surface area contributed by atoms with E-state index in [4.69, 9.17) is 19.1 Å². The van der Waals surface area contributed by atoms with E-state index in [1.165, 1.54) is 17.0 Å². The third-order valence-corrected chi connectivity index (χ3v) is 9.09. The molecule has 0 aliphatic rings. The van der Waals surface area contributed by atoms with E-state index < -0.39 is 0 Å². The average molecular weight is 526 g/mol. The van der Waals surface area contributed by atoms with Gasteiger partial charge in [0.15, 0.2) is 0 Å². The van der Waals surface area contributed by atoms with E-state index in [9.17, 15) is 10.2 Å². The second-order valence-electron chi connectivity index (χ2n) is 5.49. The molecule has 0 aromatic heterocycles. The Morgan fingerprint density at radius 2 is 1.00 bits per heavy atom. The topological polar surface area (TPSA) is 40.5 Å². The van der Waals surface area contributed by atoms with Crippen LogP contribution in [0.5, 0.6) is 0 Å². The Kier molecular flexibility index (Phi) is 15.5. The van der Waals surface area contributed by atoms with E-state index >= 15 is 0 Å². The standard InChI is InChI=1S/C19H26O2P2.2ClH.Pd/c20-12-16-22(18-8-3-1-4-9-18)14-7-15-23(17-13-21)19-10-5-2-6-11-19;;;/h1-6,8-11,20-21H,7,12-17H2;2*1H;/q;;;+2/p-2. The van der Waals surface area contributed by atoms with Crippen LogP contribution in [0.2, 0.25) is 0 Å². The molecule has 26 heavy (non-hydrogen) atoms. The Morgan fingerprint density at radius 1 is 0.654 bits per heavy atom. The van der Waals surface area contributed by atoms with Crippen molar-refractivity contribution in [2.24, 2.45) is 0 Å². The monoisotopic (exact) mass is 524 g/mol. The van der Waals surface area contributed by atoms with Crippen LogP contribution in [0.15, 0.2) is 60.7 Å². The molecular formula is C19H26Cl2O2P2Pd. The van der Waals surface area contributed by atoms with Crippen molar-refractivity contribution in [3.8, 4) is 0 Å². The van der Waals surface area contributed by atoms with Gasteiger partial charge in [-0.1, -0.05) is 76.5 Å². The van der Waals surface area contributed by atoms with Gasteiger partial charge in [-0.05, 0) is 41.7 Å². The Balaban J connectivity index is 0.00000105. The summed E-state index contributed by atoms with van der Waals surface area (Å²) in [5, 5.41) is 21.5. The van der Waals surface area contributed by atoms with Crippen molar-refractivity contribution >= 4 is 45.5 Å². The molecule has 148 valence electrons. The number of benzene rings is 2. The number of halogens is 2. The molecule has 0 amide bonds. The molecule has 2 rings (SSSR count).